The highest BCUT2D eigenvalue weighted by Gasteiger charge is 2.24. The van der Waals surface area contributed by atoms with Crippen LogP contribution in [0.15, 0.2) is 29.1 Å². The Bertz CT molecular complexity index is 919. The summed E-state index contributed by atoms with van der Waals surface area (Å²) in [6, 6.07) is 6.60. The van der Waals surface area contributed by atoms with Gasteiger partial charge in [-0.3, -0.25) is 9.59 Å². The van der Waals surface area contributed by atoms with Crippen molar-refractivity contribution in [2.75, 3.05) is 19.7 Å². The number of carbonyl (C=O) groups excluding carboxylic acids is 2. The Kier molecular flexibility index (Phi) is 5.58. The van der Waals surface area contributed by atoms with Crippen LogP contribution >= 0.6 is 0 Å². The van der Waals surface area contributed by atoms with Crippen molar-refractivity contribution in [1.29, 1.82) is 0 Å². The molecule has 1 aromatic heterocycles. The lowest BCUT2D eigenvalue weighted by Gasteiger charge is -2.30. The highest BCUT2D eigenvalue weighted by atomic mass is 16.5. The molecule has 1 atom stereocenters. The van der Waals surface area contributed by atoms with Gasteiger partial charge in [-0.25, -0.2) is 9.48 Å². The van der Waals surface area contributed by atoms with Crippen LogP contribution in [-0.2, 0) is 9.53 Å². The van der Waals surface area contributed by atoms with Gasteiger partial charge in [0.1, 0.15) is 0 Å². The third-order valence-electron chi connectivity index (χ3n) is 4.85. The SMILES string of the molecule is CC(C)n1nc(C(=O)OCC(=O)N2CCC[C@@H](C)C2)c2ccccc2c1=O. The largest absolute Gasteiger partial charge is 0.451 e. The van der Waals surface area contributed by atoms with Gasteiger partial charge in [-0.2, -0.15) is 5.10 Å². The molecular formula is C20H25N3O4. The molecule has 0 aliphatic carbocycles. The average Bonchev–Trinajstić information content (AvgIpc) is 2.66. The van der Waals surface area contributed by atoms with Crippen molar-refractivity contribution >= 4 is 22.6 Å². The van der Waals surface area contributed by atoms with Gasteiger partial charge in [0.2, 0.25) is 0 Å². The molecule has 1 saturated heterocycles. The van der Waals surface area contributed by atoms with Crippen LogP contribution in [-0.4, -0.2) is 46.3 Å². The molecule has 7 nitrogen and oxygen atoms in total. The van der Waals surface area contributed by atoms with Crippen LogP contribution in [0.5, 0.6) is 0 Å². The highest BCUT2D eigenvalue weighted by molar-refractivity contribution is 6.02. The number of piperidine rings is 1. The first kappa shape index (κ1) is 19.1. The fourth-order valence-electron chi connectivity index (χ4n) is 3.41. The van der Waals surface area contributed by atoms with Crippen LogP contribution in [0.25, 0.3) is 10.8 Å². The van der Waals surface area contributed by atoms with E-state index in [1.54, 1.807) is 29.2 Å². The van der Waals surface area contributed by atoms with E-state index in [2.05, 4.69) is 12.0 Å². The average molecular weight is 371 g/mol. The Morgan fingerprint density at radius 2 is 1.96 bits per heavy atom. The number of aromatic nitrogens is 2. The molecule has 1 aromatic carbocycles. The zero-order valence-corrected chi connectivity index (χ0v) is 16.0. The molecule has 1 amide bonds. The lowest BCUT2D eigenvalue weighted by Crippen LogP contribution is -2.41. The Balaban J connectivity index is 1.82. The minimum Gasteiger partial charge on any atom is -0.451 e. The molecule has 1 fully saturated rings. The number of rotatable bonds is 4. The topological polar surface area (TPSA) is 81.5 Å². The first-order valence-electron chi connectivity index (χ1n) is 9.35. The standard InChI is InChI=1S/C20H25N3O4/c1-13(2)23-19(25)16-9-5-4-8-15(16)18(21-23)20(26)27-12-17(24)22-10-6-7-14(3)11-22/h4-5,8-9,13-14H,6-7,10-12H2,1-3H3/t14-/m1/s1. The summed E-state index contributed by atoms with van der Waals surface area (Å²) in [5, 5.41) is 5.05. The molecule has 144 valence electrons. The number of benzene rings is 1. The number of likely N-dealkylation sites (tertiary alicyclic amines) is 1. The molecule has 2 aromatic rings. The Hall–Kier alpha value is -2.70. The second-order valence-electron chi connectivity index (χ2n) is 7.40. The smallest absolute Gasteiger partial charge is 0.359 e. The molecular weight excluding hydrogens is 346 g/mol. The second-order valence-corrected chi connectivity index (χ2v) is 7.40. The molecule has 0 saturated carbocycles. The van der Waals surface area contributed by atoms with Crippen LogP contribution in [0.2, 0.25) is 0 Å². The molecule has 0 spiro atoms. The van der Waals surface area contributed by atoms with Crippen molar-refractivity contribution in [1.82, 2.24) is 14.7 Å². The number of esters is 1. The van der Waals surface area contributed by atoms with E-state index in [-0.39, 0.29) is 29.8 Å². The van der Waals surface area contributed by atoms with Crippen LogP contribution in [0.1, 0.15) is 50.1 Å². The first-order chi connectivity index (χ1) is 12.9. The summed E-state index contributed by atoms with van der Waals surface area (Å²) in [5.41, 5.74) is -0.200. The van der Waals surface area contributed by atoms with Crippen LogP contribution in [0.3, 0.4) is 0 Å². The first-order valence-corrected chi connectivity index (χ1v) is 9.35. The summed E-state index contributed by atoms with van der Waals surface area (Å²) < 4.78 is 6.52. The monoisotopic (exact) mass is 371 g/mol. The fraction of sp³-hybridized carbons (Fsp3) is 0.500. The number of carbonyl (C=O) groups is 2. The van der Waals surface area contributed by atoms with E-state index in [1.807, 2.05) is 13.8 Å². The minimum absolute atomic E-state index is 0.0544. The molecule has 1 aliphatic heterocycles. The predicted molar refractivity (Wildman–Crippen MR) is 102 cm³/mol. The molecule has 0 N–H and O–H groups in total. The number of ether oxygens (including phenoxy) is 1. The van der Waals surface area contributed by atoms with Crippen molar-refractivity contribution in [2.24, 2.45) is 5.92 Å². The van der Waals surface area contributed by atoms with E-state index in [9.17, 15) is 14.4 Å². The van der Waals surface area contributed by atoms with Crippen molar-refractivity contribution < 1.29 is 14.3 Å². The molecule has 3 rings (SSSR count). The van der Waals surface area contributed by atoms with E-state index < -0.39 is 5.97 Å². The van der Waals surface area contributed by atoms with Gasteiger partial charge in [-0.05, 0) is 38.7 Å². The van der Waals surface area contributed by atoms with Crippen LogP contribution in [0.4, 0.5) is 0 Å². The van der Waals surface area contributed by atoms with Crippen molar-refractivity contribution in [3.05, 3.63) is 40.3 Å². The zero-order chi connectivity index (χ0) is 19.6. The van der Waals surface area contributed by atoms with Crippen molar-refractivity contribution in [3.63, 3.8) is 0 Å². The number of amides is 1. The lowest BCUT2D eigenvalue weighted by molar-refractivity contribution is -0.136. The minimum atomic E-state index is -0.695. The van der Waals surface area contributed by atoms with Gasteiger partial charge in [0, 0.05) is 18.5 Å². The van der Waals surface area contributed by atoms with E-state index in [4.69, 9.17) is 4.74 Å². The molecule has 0 unspecified atom stereocenters. The van der Waals surface area contributed by atoms with Gasteiger partial charge in [-0.1, -0.05) is 25.1 Å². The van der Waals surface area contributed by atoms with Gasteiger partial charge >= 0.3 is 5.97 Å². The van der Waals surface area contributed by atoms with Crippen LogP contribution < -0.4 is 5.56 Å². The zero-order valence-electron chi connectivity index (χ0n) is 16.0. The maximum absolute atomic E-state index is 12.6. The summed E-state index contributed by atoms with van der Waals surface area (Å²) >= 11 is 0. The highest BCUT2D eigenvalue weighted by Crippen LogP contribution is 2.17. The van der Waals surface area contributed by atoms with Crippen LogP contribution in [0, 0.1) is 5.92 Å². The maximum Gasteiger partial charge on any atom is 0.359 e. The molecule has 0 radical (unpaired) electrons. The Morgan fingerprint density at radius 1 is 1.26 bits per heavy atom. The maximum atomic E-state index is 12.6. The number of hydrogen-bond acceptors (Lipinski definition) is 5. The number of nitrogens with zero attached hydrogens (tertiary/aromatic N) is 3. The van der Waals surface area contributed by atoms with Gasteiger partial charge in [0.15, 0.2) is 12.3 Å². The summed E-state index contributed by atoms with van der Waals surface area (Å²) in [6.07, 6.45) is 2.07. The molecule has 2 heterocycles. The third-order valence-corrected chi connectivity index (χ3v) is 4.85. The summed E-state index contributed by atoms with van der Waals surface area (Å²) in [7, 11) is 0. The third kappa shape index (κ3) is 4.02. The lowest BCUT2D eigenvalue weighted by atomic mass is 10.0. The van der Waals surface area contributed by atoms with Gasteiger partial charge < -0.3 is 9.64 Å². The summed E-state index contributed by atoms with van der Waals surface area (Å²) in [4.78, 5) is 39.2. The van der Waals surface area contributed by atoms with E-state index in [0.29, 0.717) is 29.8 Å². The van der Waals surface area contributed by atoms with E-state index in [1.165, 1.54) is 4.68 Å². The summed E-state index contributed by atoms with van der Waals surface area (Å²) in [5.74, 6) is -0.436. The normalized spacial score (nSPS) is 17.3. The second kappa shape index (κ2) is 7.90. The van der Waals surface area contributed by atoms with Gasteiger partial charge in [0.25, 0.3) is 11.5 Å². The van der Waals surface area contributed by atoms with Crippen molar-refractivity contribution in [2.45, 2.75) is 39.7 Å². The number of hydrogen-bond donors (Lipinski definition) is 0. The van der Waals surface area contributed by atoms with Crippen molar-refractivity contribution in [3.8, 4) is 0 Å². The van der Waals surface area contributed by atoms with E-state index >= 15 is 0 Å². The van der Waals surface area contributed by atoms with Gasteiger partial charge in [0.05, 0.1) is 11.4 Å². The Morgan fingerprint density at radius 3 is 2.63 bits per heavy atom. The predicted octanol–water partition coefficient (Wildman–Crippen LogP) is 2.39. The van der Waals surface area contributed by atoms with E-state index in [0.717, 1.165) is 12.8 Å². The molecule has 0 bridgehead atoms. The van der Waals surface area contributed by atoms with Gasteiger partial charge in [-0.15, -0.1) is 0 Å². The quantitative estimate of drug-likeness (QED) is 0.771. The number of fused-ring (bicyclic) bond motifs is 1. The fourth-order valence-corrected chi connectivity index (χ4v) is 3.41. The summed E-state index contributed by atoms with van der Waals surface area (Å²) in [6.45, 7) is 6.81. The molecule has 7 heteroatoms. The Labute approximate surface area is 157 Å². The molecule has 1 aliphatic rings. The molecule has 27 heavy (non-hydrogen) atoms.